The Hall–Kier alpha value is -0.150. The first-order chi connectivity index (χ1) is 4.31. The molecule has 0 spiro atoms. The van der Waals surface area contributed by atoms with Crippen molar-refractivity contribution < 1.29 is 18.6 Å². The van der Waals surface area contributed by atoms with Gasteiger partial charge in [0.25, 0.3) is 0 Å². The highest BCUT2D eigenvalue weighted by Gasteiger charge is 2.35. The SMILES string of the molecule is C=CC[N+](C)(C)P(=O)(O)O. The summed E-state index contributed by atoms with van der Waals surface area (Å²) in [6.07, 6.45) is 1.49. The van der Waals surface area contributed by atoms with Gasteiger partial charge in [-0.1, -0.05) is 6.58 Å². The van der Waals surface area contributed by atoms with Crippen LogP contribution in [0, 0.1) is 0 Å². The zero-order valence-corrected chi connectivity index (χ0v) is 7.08. The van der Waals surface area contributed by atoms with Gasteiger partial charge in [-0.25, -0.2) is 8.82 Å². The summed E-state index contributed by atoms with van der Waals surface area (Å²) in [7, 11) is -1.10. The Morgan fingerprint density at radius 3 is 2.10 bits per heavy atom. The van der Waals surface area contributed by atoms with Gasteiger partial charge in [0, 0.05) is 0 Å². The van der Waals surface area contributed by atoms with Gasteiger partial charge in [-0.05, 0) is 6.08 Å². The van der Waals surface area contributed by atoms with Gasteiger partial charge in [-0.15, -0.1) is 0 Å². The maximum atomic E-state index is 10.7. The lowest BCUT2D eigenvalue weighted by Crippen LogP contribution is -2.35. The summed E-state index contributed by atoms with van der Waals surface area (Å²) < 4.78 is 10.3. The predicted octanol–water partition coefficient (Wildman–Crippen LogP) is 0.341. The van der Waals surface area contributed by atoms with Crippen LogP contribution in [0.2, 0.25) is 0 Å². The van der Waals surface area contributed by atoms with Gasteiger partial charge in [0.2, 0.25) is 0 Å². The van der Waals surface area contributed by atoms with Crippen LogP contribution in [-0.2, 0) is 4.57 Å². The average Bonchev–Trinajstić information content (AvgIpc) is 1.61. The van der Waals surface area contributed by atoms with Gasteiger partial charge in [0.1, 0.15) is 6.54 Å². The highest BCUT2D eigenvalue weighted by molar-refractivity contribution is 7.45. The fourth-order valence-corrected chi connectivity index (χ4v) is 0.750. The molecule has 4 nitrogen and oxygen atoms in total. The summed E-state index contributed by atoms with van der Waals surface area (Å²) in [5.41, 5.74) is 0. The second-order valence-corrected chi connectivity index (χ2v) is 4.72. The molecule has 0 atom stereocenters. The molecular weight excluding hydrogens is 153 g/mol. The summed E-state index contributed by atoms with van der Waals surface area (Å²) in [6, 6.07) is 0. The molecule has 0 aromatic carbocycles. The topological polar surface area (TPSA) is 57.5 Å². The van der Waals surface area contributed by atoms with Crippen LogP contribution in [0.25, 0.3) is 0 Å². The molecule has 0 aliphatic carbocycles. The van der Waals surface area contributed by atoms with Crippen molar-refractivity contribution in [3.8, 4) is 0 Å². The van der Waals surface area contributed by atoms with E-state index in [1.165, 1.54) is 20.2 Å². The van der Waals surface area contributed by atoms with Crippen molar-refractivity contribution in [1.29, 1.82) is 0 Å². The summed E-state index contributed by atoms with van der Waals surface area (Å²) in [6.45, 7) is 3.67. The van der Waals surface area contributed by atoms with Crippen LogP contribution in [0.15, 0.2) is 12.7 Å². The third kappa shape index (κ3) is 2.23. The lowest BCUT2D eigenvalue weighted by atomic mass is 10.6. The normalized spacial score (nSPS) is 13.2. The van der Waals surface area contributed by atoms with Crippen LogP contribution < -0.4 is 0 Å². The van der Waals surface area contributed by atoms with Crippen molar-refractivity contribution in [3.05, 3.63) is 12.7 Å². The molecule has 0 heterocycles. The van der Waals surface area contributed by atoms with Crippen LogP contribution >= 0.6 is 7.75 Å². The van der Waals surface area contributed by atoms with E-state index in [-0.39, 0.29) is 10.8 Å². The third-order valence-electron chi connectivity index (χ3n) is 1.28. The minimum atomic E-state index is -4.02. The molecule has 0 aliphatic heterocycles. The van der Waals surface area contributed by atoms with E-state index in [4.69, 9.17) is 9.79 Å². The van der Waals surface area contributed by atoms with Crippen molar-refractivity contribution in [2.24, 2.45) is 0 Å². The van der Waals surface area contributed by atoms with Gasteiger partial charge in [-0.2, -0.15) is 0 Å². The van der Waals surface area contributed by atoms with Crippen molar-refractivity contribution >= 4 is 7.75 Å². The summed E-state index contributed by atoms with van der Waals surface area (Å²) in [5, 5.41) is 0. The Kier molecular flexibility index (Phi) is 2.80. The predicted molar refractivity (Wildman–Crippen MR) is 39.2 cm³/mol. The van der Waals surface area contributed by atoms with Gasteiger partial charge >= 0.3 is 7.75 Å². The Balaban J connectivity index is 4.40. The molecule has 60 valence electrons. The molecule has 0 saturated carbocycles. The lowest BCUT2D eigenvalue weighted by molar-refractivity contribution is -0.774. The fourth-order valence-electron chi connectivity index (χ4n) is 0.422. The maximum Gasteiger partial charge on any atom is 0.526 e. The Morgan fingerprint density at radius 1 is 1.60 bits per heavy atom. The quantitative estimate of drug-likeness (QED) is 0.469. The molecule has 0 amide bonds. The average molecular weight is 166 g/mol. The fraction of sp³-hybridized carbons (Fsp3) is 0.600. The molecule has 0 radical (unpaired) electrons. The van der Waals surface area contributed by atoms with Crippen molar-refractivity contribution in [2.45, 2.75) is 0 Å². The van der Waals surface area contributed by atoms with E-state index < -0.39 is 7.75 Å². The van der Waals surface area contributed by atoms with Crippen molar-refractivity contribution in [3.63, 3.8) is 0 Å². The second-order valence-electron chi connectivity index (χ2n) is 2.61. The molecule has 0 aromatic rings. The molecule has 0 unspecified atom stereocenters. The first kappa shape index (κ1) is 9.85. The number of rotatable bonds is 3. The highest BCUT2D eigenvalue weighted by Crippen LogP contribution is 2.44. The second kappa shape index (κ2) is 2.84. The highest BCUT2D eigenvalue weighted by atomic mass is 31.2. The maximum absolute atomic E-state index is 10.7. The minimum absolute atomic E-state index is 0.268. The van der Waals surface area contributed by atoms with Crippen LogP contribution in [0.5, 0.6) is 0 Å². The van der Waals surface area contributed by atoms with Crippen LogP contribution in [0.3, 0.4) is 0 Å². The van der Waals surface area contributed by atoms with Gasteiger partial charge < -0.3 is 0 Å². The first-order valence-corrected chi connectivity index (χ1v) is 4.37. The largest absolute Gasteiger partial charge is 0.526 e. The number of hydrogen-bond acceptors (Lipinski definition) is 1. The lowest BCUT2D eigenvalue weighted by Gasteiger charge is -2.27. The van der Waals surface area contributed by atoms with E-state index in [1.807, 2.05) is 0 Å². The summed E-state index contributed by atoms with van der Waals surface area (Å²) >= 11 is 0. The molecule has 5 heteroatoms. The monoisotopic (exact) mass is 166 g/mol. The smallest absolute Gasteiger partial charge is 0.279 e. The van der Waals surface area contributed by atoms with E-state index in [2.05, 4.69) is 6.58 Å². The zero-order chi connectivity index (χ0) is 8.41. The standard InChI is InChI=1S/C5H12NO3P/c1-4-5-6(2,3)10(7,8)9/h4H,1,5H2,2-3H3,(H-,7,8,9)/p+1. The van der Waals surface area contributed by atoms with Crippen molar-refractivity contribution in [1.82, 2.24) is 0 Å². The van der Waals surface area contributed by atoms with E-state index in [0.717, 1.165) is 0 Å². The van der Waals surface area contributed by atoms with Gasteiger partial charge in [0.15, 0.2) is 0 Å². The number of quaternary nitrogens is 1. The molecule has 10 heavy (non-hydrogen) atoms. The molecule has 0 saturated heterocycles. The summed E-state index contributed by atoms with van der Waals surface area (Å²) in [4.78, 5) is 17.4. The van der Waals surface area contributed by atoms with E-state index >= 15 is 0 Å². The molecule has 0 rings (SSSR count). The van der Waals surface area contributed by atoms with Crippen molar-refractivity contribution in [2.75, 3.05) is 20.6 Å². The van der Waals surface area contributed by atoms with Crippen LogP contribution in [0.4, 0.5) is 0 Å². The molecule has 0 aliphatic rings. The van der Waals surface area contributed by atoms with Gasteiger partial charge in [0.05, 0.1) is 14.1 Å². The van der Waals surface area contributed by atoms with E-state index in [9.17, 15) is 4.57 Å². The summed E-state index contributed by atoms with van der Waals surface area (Å²) in [5.74, 6) is 0. The Labute approximate surface area is 60.6 Å². The number of likely N-dealkylation sites (N-methyl/N-ethyl adjacent to an activating group) is 1. The van der Waals surface area contributed by atoms with Crippen LogP contribution in [0.1, 0.15) is 0 Å². The number of nitrogens with zero attached hydrogens (tertiary/aromatic N) is 1. The minimum Gasteiger partial charge on any atom is -0.279 e. The molecule has 0 fully saturated rings. The first-order valence-electron chi connectivity index (χ1n) is 2.81. The number of hydrogen-bond donors (Lipinski definition) is 2. The molecule has 2 N–H and O–H groups in total. The Bertz CT molecular complexity index is 172. The molecule has 0 bridgehead atoms. The molecule has 0 aromatic heterocycles. The van der Waals surface area contributed by atoms with Crippen LogP contribution in [-0.4, -0.2) is 34.7 Å². The van der Waals surface area contributed by atoms with E-state index in [0.29, 0.717) is 0 Å². The third-order valence-corrected chi connectivity index (χ3v) is 2.86. The van der Waals surface area contributed by atoms with E-state index in [1.54, 1.807) is 0 Å². The Morgan fingerprint density at radius 2 is 2.00 bits per heavy atom. The zero-order valence-electron chi connectivity index (χ0n) is 6.19. The van der Waals surface area contributed by atoms with Gasteiger partial charge in [-0.3, -0.25) is 9.79 Å². The molecular formula is C5H13NO3P+.